The van der Waals surface area contributed by atoms with E-state index in [0.29, 0.717) is 44.2 Å². The standard InChI is InChI=1S/C27H35FN8O2/c1-17(2)38-22-15-35(16-22)27(37)31-11-20-5-4-19(10-18(20)3)24-6-9-30-26(34-24)33-21-12-32-36(14-21)25-7-8-29-13-23(25)28/h4-6,9-10,12,14,17,22-23,25,29H,7-8,11,13,15-16H2,1-3H3,(H,31,37)(H,30,33,34)/t23-,25-/m0/s1. The fraction of sp³-hybridized carbons (Fsp3) is 0.481. The third-order valence-electron chi connectivity index (χ3n) is 6.90. The van der Waals surface area contributed by atoms with Crippen LogP contribution in [0.2, 0.25) is 0 Å². The summed E-state index contributed by atoms with van der Waals surface area (Å²) >= 11 is 0. The monoisotopic (exact) mass is 522 g/mol. The van der Waals surface area contributed by atoms with E-state index in [2.05, 4.69) is 37.1 Å². The molecule has 0 spiro atoms. The Balaban J connectivity index is 1.18. The van der Waals surface area contributed by atoms with E-state index in [1.54, 1.807) is 28.2 Å². The van der Waals surface area contributed by atoms with E-state index in [-0.39, 0.29) is 24.3 Å². The second-order valence-electron chi connectivity index (χ2n) is 10.2. The number of nitrogens with zero attached hydrogens (tertiary/aromatic N) is 5. The molecule has 10 nitrogen and oxygen atoms in total. The Hall–Kier alpha value is -3.57. The van der Waals surface area contributed by atoms with Gasteiger partial charge in [-0.1, -0.05) is 12.1 Å². The van der Waals surface area contributed by atoms with E-state index < -0.39 is 6.17 Å². The van der Waals surface area contributed by atoms with Crippen molar-refractivity contribution >= 4 is 17.7 Å². The molecule has 2 fully saturated rings. The first-order valence-electron chi connectivity index (χ1n) is 13.1. The van der Waals surface area contributed by atoms with Crippen LogP contribution in [0.15, 0.2) is 42.9 Å². The zero-order valence-corrected chi connectivity index (χ0v) is 22.0. The lowest BCUT2D eigenvalue weighted by Gasteiger charge is -2.39. The minimum atomic E-state index is -0.969. The predicted octanol–water partition coefficient (Wildman–Crippen LogP) is 3.58. The lowest BCUT2D eigenvalue weighted by molar-refractivity contribution is -0.0641. The topological polar surface area (TPSA) is 109 Å². The first kappa shape index (κ1) is 26.1. The van der Waals surface area contributed by atoms with Crippen LogP contribution in [0.1, 0.15) is 37.4 Å². The van der Waals surface area contributed by atoms with Gasteiger partial charge in [-0.05, 0) is 57.0 Å². The second-order valence-corrected chi connectivity index (χ2v) is 10.2. The maximum atomic E-state index is 14.3. The molecule has 2 aliphatic heterocycles. The van der Waals surface area contributed by atoms with Crippen molar-refractivity contribution in [2.75, 3.05) is 31.5 Å². The third-order valence-corrected chi connectivity index (χ3v) is 6.90. The number of urea groups is 1. The number of piperidine rings is 1. The molecule has 5 rings (SSSR count). The number of alkyl halides is 1. The summed E-state index contributed by atoms with van der Waals surface area (Å²) in [6.07, 6.45) is 5.18. The van der Waals surface area contributed by atoms with Gasteiger partial charge in [0.25, 0.3) is 0 Å². The molecule has 2 aromatic heterocycles. The molecule has 11 heteroatoms. The molecule has 2 atom stereocenters. The van der Waals surface area contributed by atoms with Crippen LogP contribution in [0.25, 0.3) is 11.3 Å². The number of carbonyl (C=O) groups is 1. The number of likely N-dealkylation sites (tertiary alicyclic amines) is 1. The number of hydrogen-bond acceptors (Lipinski definition) is 7. The number of halogens is 1. The van der Waals surface area contributed by atoms with E-state index in [9.17, 15) is 9.18 Å². The van der Waals surface area contributed by atoms with Crippen molar-refractivity contribution in [3.8, 4) is 11.3 Å². The summed E-state index contributed by atoms with van der Waals surface area (Å²) in [5, 5.41) is 13.6. The number of aryl methyl sites for hydroxylation is 1. The van der Waals surface area contributed by atoms with Crippen molar-refractivity contribution in [2.24, 2.45) is 0 Å². The summed E-state index contributed by atoms with van der Waals surface area (Å²) in [6.45, 7) is 8.85. The summed E-state index contributed by atoms with van der Waals surface area (Å²) in [5.74, 6) is 0.437. The Labute approximate surface area is 222 Å². The second kappa shape index (κ2) is 11.4. The van der Waals surface area contributed by atoms with Crippen LogP contribution < -0.4 is 16.0 Å². The summed E-state index contributed by atoms with van der Waals surface area (Å²) in [5.41, 5.74) is 4.53. The Morgan fingerprint density at radius 1 is 1.29 bits per heavy atom. The molecule has 2 aliphatic rings. The smallest absolute Gasteiger partial charge is 0.317 e. The molecule has 0 saturated carbocycles. The van der Waals surface area contributed by atoms with Crippen LogP contribution in [-0.2, 0) is 11.3 Å². The number of ether oxygens (including phenoxy) is 1. The lowest BCUT2D eigenvalue weighted by atomic mass is 10.0. The number of anilines is 2. The van der Waals surface area contributed by atoms with Gasteiger partial charge in [-0.15, -0.1) is 0 Å². The number of hydrogen-bond donors (Lipinski definition) is 3. The Morgan fingerprint density at radius 2 is 2.13 bits per heavy atom. The highest BCUT2D eigenvalue weighted by Crippen LogP contribution is 2.25. The van der Waals surface area contributed by atoms with E-state index in [1.807, 2.05) is 39.0 Å². The average Bonchev–Trinajstić information content (AvgIpc) is 3.33. The Kier molecular flexibility index (Phi) is 7.85. The fourth-order valence-electron chi connectivity index (χ4n) is 4.81. The third kappa shape index (κ3) is 6.11. The zero-order chi connectivity index (χ0) is 26.6. The first-order valence-corrected chi connectivity index (χ1v) is 13.1. The minimum Gasteiger partial charge on any atom is -0.372 e. The molecule has 0 aliphatic carbocycles. The van der Waals surface area contributed by atoms with Gasteiger partial charge in [-0.25, -0.2) is 19.2 Å². The highest BCUT2D eigenvalue weighted by atomic mass is 19.1. The van der Waals surface area contributed by atoms with Gasteiger partial charge in [0, 0.05) is 31.0 Å². The molecule has 4 heterocycles. The predicted molar refractivity (Wildman–Crippen MR) is 143 cm³/mol. The molecule has 3 N–H and O–H groups in total. The normalized spacial score (nSPS) is 19.9. The quantitative estimate of drug-likeness (QED) is 0.415. The lowest BCUT2D eigenvalue weighted by Crippen LogP contribution is -2.58. The van der Waals surface area contributed by atoms with Crippen LogP contribution in [0, 0.1) is 6.92 Å². The number of nitrogens with one attached hydrogen (secondary N) is 3. The molecule has 0 radical (unpaired) electrons. The molecule has 2 amide bonds. The van der Waals surface area contributed by atoms with Crippen LogP contribution in [-0.4, -0.2) is 75.2 Å². The van der Waals surface area contributed by atoms with Gasteiger partial charge in [-0.3, -0.25) is 4.68 Å². The van der Waals surface area contributed by atoms with E-state index >= 15 is 0 Å². The minimum absolute atomic E-state index is 0.0749. The van der Waals surface area contributed by atoms with Crippen molar-refractivity contribution < 1.29 is 13.9 Å². The maximum Gasteiger partial charge on any atom is 0.317 e. The molecule has 202 valence electrons. The molecule has 0 unspecified atom stereocenters. The van der Waals surface area contributed by atoms with Crippen molar-refractivity contribution in [3.05, 3.63) is 54.0 Å². The number of aromatic nitrogens is 4. The number of benzene rings is 1. The molecule has 0 bridgehead atoms. The fourth-order valence-corrected chi connectivity index (χ4v) is 4.81. The largest absolute Gasteiger partial charge is 0.372 e. The average molecular weight is 523 g/mol. The van der Waals surface area contributed by atoms with Crippen LogP contribution >= 0.6 is 0 Å². The van der Waals surface area contributed by atoms with E-state index in [0.717, 1.165) is 28.9 Å². The molecule has 2 saturated heterocycles. The highest BCUT2D eigenvalue weighted by Gasteiger charge is 2.31. The van der Waals surface area contributed by atoms with Gasteiger partial charge in [0.2, 0.25) is 5.95 Å². The van der Waals surface area contributed by atoms with E-state index in [4.69, 9.17) is 4.74 Å². The summed E-state index contributed by atoms with van der Waals surface area (Å²) < 4.78 is 21.7. The summed E-state index contributed by atoms with van der Waals surface area (Å²) in [6, 6.07) is 7.57. The Bertz CT molecular complexity index is 1260. The number of rotatable bonds is 8. The van der Waals surface area contributed by atoms with Crippen LogP contribution in [0.3, 0.4) is 0 Å². The molecule has 38 heavy (non-hydrogen) atoms. The summed E-state index contributed by atoms with van der Waals surface area (Å²) in [7, 11) is 0. The number of carbonyl (C=O) groups excluding carboxylic acids is 1. The Morgan fingerprint density at radius 3 is 2.89 bits per heavy atom. The molecular formula is C27H35FN8O2. The summed E-state index contributed by atoms with van der Waals surface area (Å²) in [4.78, 5) is 23.2. The van der Waals surface area contributed by atoms with Gasteiger partial charge in [0.05, 0.1) is 48.9 Å². The number of amides is 2. The van der Waals surface area contributed by atoms with E-state index in [1.165, 1.54) is 0 Å². The molecule has 3 aromatic rings. The molecular weight excluding hydrogens is 487 g/mol. The van der Waals surface area contributed by atoms with Gasteiger partial charge in [0.15, 0.2) is 0 Å². The SMILES string of the molecule is Cc1cc(-c2ccnc(Nc3cnn([C@H]4CCNC[C@@H]4F)c3)n2)ccc1CNC(=O)N1CC(OC(C)C)C1. The van der Waals surface area contributed by atoms with Crippen LogP contribution in [0.5, 0.6) is 0 Å². The van der Waals surface area contributed by atoms with Gasteiger partial charge in [-0.2, -0.15) is 5.10 Å². The van der Waals surface area contributed by atoms with Crippen molar-refractivity contribution in [2.45, 2.75) is 58.2 Å². The van der Waals surface area contributed by atoms with Gasteiger partial charge < -0.3 is 25.6 Å². The van der Waals surface area contributed by atoms with Crippen LogP contribution in [0.4, 0.5) is 20.8 Å². The van der Waals surface area contributed by atoms with Crippen molar-refractivity contribution in [1.82, 2.24) is 35.3 Å². The first-order chi connectivity index (χ1) is 18.4. The van der Waals surface area contributed by atoms with Crippen molar-refractivity contribution in [3.63, 3.8) is 0 Å². The zero-order valence-electron chi connectivity index (χ0n) is 22.0. The van der Waals surface area contributed by atoms with Gasteiger partial charge >= 0.3 is 6.03 Å². The van der Waals surface area contributed by atoms with Gasteiger partial charge in [0.1, 0.15) is 6.17 Å². The van der Waals surface area contributed by atoms with Crippen molar-refractivity contribution in [1.29, 1.82) is 0 Å². The maximum absolute atomic E-state index is 14.3. The molecule has 1 aromatic carbocycles. The highest BCUT2D eigenvalue weighted by molar-refractivity contribution is 5.75.